The molecule has 2 aliphatic rings. The van der Waals surface area contributed by atoms with Crippen LogP contribution in [0.1, 0.15) is 48.2 Å². The Kier molecular flexibility index (Phi) is 6.19. The number of anilines is 2. The number of aryl methyl sites for hydroxylation is 1. The van der Waals surface area contributed by atoms with Gasteiger partial charge >= 0.3 is 0 Å². The Morgan fingerprint density at radius 1 is 1.03 bits per heavy atom. The third-order valence-corrected chi connectivity index (χ3v) is 6.01. The van der Waals surface area contributed by atoms with E-state index < -0.39 is 0 Å². The van der Waals surface area contributed by atoms with Crippen LogP contribution in [-0.2, 0) is 0 Å². The summed E-state index contributed by atoms with van der Waals surface area (Å²) in [6.45, 7) is 4.89. The fourth-order valence-electron chi connectivity index (χ4n) is 4.12. The third-order valence-electron chi connectivity index (χ3n) is 5.76. The molecule has 7 heteroatoms. The predicted octanol–water partition coefficient (Wildman–Crippen LogP) is 4.15. The van der Waals surface area contributed by atoms with E-state index in [0.29, 0.717) is 29.7 Å². The maximum Gasteiger partial charge on any atom is 0.253 e. The number of hydrogen-bond acceptors (Lipinski definition) is 5. The highest BCUT2D eigenvalue weighted by Gasteiger charge is 2.24. The lowest BCUT2D eigenvalue weighted by Crippen LogP contribution is -2.49. The monoisotopic (exact) mass is 413 g/mol. The topological polar surface area (TPSA) is 61.4 Å². The lowest BCUT2D eigenvalue weighted by molar-refractivity contribution is 0.0746. The van der Waals surface area contributed by atoms with Crippen molar-refractivity contribution in [3.05, 3.63) is 46.6 Å². The van der Waals surface area contributed by atoms with Crippen molar-refractivity contribution in [2.45, 2.75) is 45.1 Å². The molecule has 0 unspecified atom stereocenters. The van der Waals surface area contributed by atoms with Gasteiger partial charge in [-0.15, -0.1) is 0 Å². The molecule has 1 aromatic heterocycles. The number of carbonyl (C=O) groups is 1. The van der Waals surface area contributed by atoms with Crippen molar-refractivity contribution in [1.82, 2.24) is 14.9 Å². The van der Waals surface area contributed by atoms with Crippen LogP contribution in [0.25, 0.3) is 0 Å². The maximum absolute atomic E-state index is 12.7. The first-order valence-electron chi connectivity index (χ1n) is 10.5. The Balaban J connectivity index is 1.38. The average molecular weight is 414 g/mol. The smallest absolute Gasteiger partial charge is 0.253 e. The fraction of sp³-hybridized carbons (Fsp3) is 0.500. The molecule has 1 saturated carbocycles. The number of nitrogens with one attached hydrogen (secondary N) is 1. The molecular formula is C22H28ClN5O. The molecule has 0 atom stereocenters. The molecule has 0 spiro atoms. The highest BCUT2D eigenvalue weighted by molar-refractivity contribution is 6.30. The first-order chi connectivity index (χ1) is 14.1. The van der Waals surface area contributed by atoms with E-state index in [-0.39, 0.29) is 5.91 Å². The summed E-state index contributed by atoms with van der Waals surface area (Å²) >= 11 is 5.93. The Morgan fingerprint density at radius 2 is 1.72 bits per heavy atom. The standard InChI is InChI=1S/C22H28ClN5O/c1-16-15-20(26-22(24-16)25-19-5-3-2-4-6-19)27-11-13-28(14-12-27)21(29)17-7-9-18(23)10-8-17/h7-10,15,19H,2-6,11-14H2,1H3,(H,24,25,26). The van der Waals surface area contributed by atoms with Gasteiger partial charge in [0.2, 0.25) is 5.95 Å². The van der Waals surface area contributed by atoms with Gasteiger partial charge in [-0.3, -0.25) is 4.79 Å². The van der Waals surface area contributed by atoms with Gasteiger partial charge in [-0.05, 0) is 44.0 Å². The zero-order valence-corrected chi connectivity index (χ0v) is 17.7. The van der Waals surface area contributed by atoms with Crippen LogP contribution in [0.3, 0.4) is 0 Å². The molecule has 2 aromatic rings. The van der Waals surface area contributed by atoms with Crippen molar-refractivity contribution < 1.29 is 4.79 Å². The van der Waals surface area contributed by atoms with Crippen LogP contribution in [-0.4, -0.2) is 53.0 Å². The van der Waals surface area contributed by atoms with E-state index in [1.165, 1.54) is 32.1 Å². The first kappa shape index (κ1) is 20.0. The van der Waals surface area contributed by atoms with Crippen LogP contribution >= 0.6 is 11.6 Å². The minimum atomic E-state index is 0.0554. The molecule has 4 rings (SSSR count). The summed E-state index contributed by atoms with van der Waals surface area (Å²) < 4.78 is 0. The molecule has 29 heavy (non-hydrogen) atoms. The molecule has 2 fully saturated rings. The number of amides is 1. The lowest BCUT2D eigenvalue weighted by Gasteiger charge is -2.35. The highest BCUT2D eigenvalue weighted by atomic mass is 35.5. The van der Waals surface area contributed by atoms with Crippen LogP contribution in [0.15, 0.2) is 30.3 Å². The summed E-state index contributed by atoms with van der Waals surface area (Å²) in [6, 6.07) is 9.60. The van der Waals surface area contributed by atoms with Gasteiger partial charge in [0.15, 0.2) is 0 Å². The lowest BCUT2D eigenvalue weighted by atomic mass is 9.96. The highest BCUT2D eigenvalue weighted by Crippen LogP contribution is 2.23. The minimum Gasteiger partial charge on any atom is -0.353 e. The van der Waals surface area contributed by atoms with Crippen LogP contribution in [0.5, 0.6) is 0 Å². The number of nitrogens with zero attached hydrogens (tertiary/aromatic N) is 4. The van der Waals surface area contributed by atoms with Crippen molar-refractivity contribution in [2.24, 2.45) is 0 Å². The molecule has 2 heterocycles. The number of aromatic nitrogens is 2. The molecule has 1 N–H and O–H groups in total. The number of rotatable bonds is 4. The number of piperazine rings is 1. The number of benzene rings is 1. The Morgan fingerprint density at radius 3 is 2.41 bits per heavy atom. The van der Waals surface area contributed by atoms with Crippen molar-refractivity contribution in [2.75, 3.05) is 36.4 Å². The maximum atomic E-state index is 12.7. The minimum absolute atomic E-state index is 0.0554. The summed E-state index contributed by atoms with van der Waals surface area (Å²) in [6.07, 6.45) is 6.27. The molecule has 0 bridgehead atoms. The van der Waals surface area contributed by atoms with E-state index >= 15 is 0 Å². The van der Waals surface area contributed by atoms with Gasteiger partial charge in [-0.1, -0.05) is 30.9 Å². The van der Waals surface area contributed by atoms with E-state index in [1.54, 1.807) is 24.3 Å². The van der Waals surface area contributed by atoms with Gasteiger partial charge in [0.25, 0.3) is 5.91 Å². The summed E-state index contributed by atoms with van der Waals surface area (Å²) in [5, 5.41) is 4.17. The van der Waals surface area contributed by atoms with E-state index in [4.69, 9.17) is 16.6 Å². The molecule has 1 aliphatic carbocycles. The molecule has 6 nitrogen and oxygen atoms in total. The van der Waals surface area contributed by atoms with E-state index in [1.807, 2.05) is 17.9 Å². The number of hydrogen-bond donors (Lipinski definition) is 1. The van der Waals surface area contributed by atoms with Crippen LogP contribution in [0.2, 0.25) is 5.02 Å². The zero-order valence-electron chi connectivity index (χ0n) is 16.9. The van der Waals surface area contributed by atoms with E-state index in [0.717, 1.165) is 30.5 Å². The first-order valence-corrected chi connectivity index (χ1v) is 10.9. The summed E-state index contributed by atoms with van der Waals surface area (Å²) in [5.41, 5.74) is 1.65. The van der Waals surface area contributed by atoms with E-state index in [9.17, 15) is 4.79 Å². The van der Waals surface area contributed by atoms with Gasteiger partial charge in [0.1, 0.15) is 5.82 Å². The largest absolute Gasteiger partial charge is 0.353 e. The van der Waals surface area contributed by atoms with Crippen molar-refractivity contribution in [1.29, 1.82) is 0 Å². The van der Waals surface area contributed by atoms with Gasteiger partial charge in [0, 0.05) is 54.6 Å². The van der Waals surface area contributed by atoms with Crippen LogP contribution in [0, 0.1) is 6.92 Å². The zero-order chi connectivity index (χ0) is 20.2. The van der Waals surface area contributed by atoms with E-state index in [2.05, 4.69) is 15.2 Å². The Bertz CT molecular complexity index is 843. The van der Waals surface area contributed by atoms with Gasteiger partial charge < -0.3 is 15.1 Å². The van der Waals surface area contributed by atoms with Gasteiger partial charge in [-0.2, -0.15) is 4.98 Å². The molecule has 1 aliphatic heterocycles. The molecule has 1 saturated heterocycles. The van der Waals surface area contributed by atoms with Crippen molar-refractivity contribution in [3.8, 4) is 0 Å². The fourth-order valence-corrected chi connectivity index (χ4v) is 4.25. The second-order valence-electron chi connectivity index (χ2n) is 7.96. The molecule has 0 radical (unpaired) electrons. The number of halogens is 1. The molecular weight excluding hydrogens is 386 g/mol. The van der Waals surface area contributed by atoms with Crippen LogP contribution < -0.4 is 10.2 Å². The second kappa shape index (κ2) is 8.99. The Labute approximate surface area is 177 Å². The third kappa shape index (κ3) is 4.99. The molecule has 1 aromatic carbocycles. The van der Waals surface area contributed by atoms with Crippen molar-refractivity contribution in [3.63, 3.8) is 0 Å². The number of carbonyl (C=O) groups excluding carboxylic acids is 1. The Hall–Kier alpha value is -2.34. The summed E-state index contributed by atoms with van der Waals surface area (Å²) in [7, 11) is 0. The average Bonchev–Trinajstić information content (AvgIpc) is 2.74. The van der Waals surface area contributed by atoms with Crippen LogP contribution in [0.4, 0.5) is 11.8 Å². The summed E-state index contributed by atoms with van der Waals surface area (Å²) in [5.74, 6) is 1.72. The summed E-state index contributed by atoms with van der Waals surface area (Å²) in [4.78, 5) is 26.2. The van der Waals surface area contributed by atoms with Gasteiger partial charge in [0.05, 0.1) is 0 Å². The molecule has 154 valence electrons. The predicted molar refractivity (Wildman–Crippen MR) is 117 cm³/mol. The molecule has 1 amide bonds. The SMILES string of the molecule is Cc1cc(N2CCN(C(=O)c3ccc(Cl)cc3)CC2)nc(NC2CCCCC2)n1. The quantitative estimate of drug-likeness (QED) is 0.815. The normalized spacial score (nSPS) is 18.0. The van der Waals surface area contributed by atoms with Gasteiger partial charge in [-0.25, -0.2) is 4.98 Å². The van der Waals surface area contributed by atoms with Crippen molar-refractivity contribution >= 4 is 29.3 Å². The second-order valence-corrected chi connectivity index (χ2v) is 8.39.